The molecule has 15 heavy (non-hydrogen) atoms. The van der Waals surface area contributed by atoms with Gasteiger partial charge in [-0.1, -0.05) is 44.2 Å². The molecule has 1 aromatic rings. The Labute approximate surface area is 94.0 Å². The fourth-order valence-electron chi connectivity index (χ4n) is 1.78. The Balaban J connectivity index is 2.73. The third-order valence-electron chi connectivity index (χ3n) is 3.26. The molecule has 0 fully saturated rings. The van der Waals surface area contributed by atoms with Crippen molar-refractivity contribution in [3.8, 4) is 0 Å². The van der Waals surface area contributed by atoms with Gasteiger partial charge in [0, 0.05) is 0 Å². The van der Waals surface area contributed by atoms with Crippen LogP contribution in [0.5, 0.6) is 0 Å². The maximum atomic E-state index is 4.11. The van der Waals surface area contributed by atoms with Crippen molar-refractivity contribution in [1.29, 1.82) is 0 Å². The maximum absolute atomic E-state index is 4.11. The van der Waals surface area contributed by atoms with Gasteiger partial charge in [0.15, 0.2) is 0 Å². The van der Waals surface area contributed by atoms with Gasteiger partial charge in [-0.3, -0.25) is 0 Å². The molecule has 0 bridgehead atoms. The molecule has 0 saturated carbocycles. The van der Waals surface area contributed by atoms with Crippen LogP contribution in [-0.4, -0.2) is 0 Å². The first-order valence-corrected chi connectivity index (χ1v) is 5.78. The zero-order chi connectivity index (χ0) is 11.4. The predicted octanol–water partition coefficient (Wildman–Crippen LogP) is 4.45. The molecular formula is C15H22. The first-order valence-electron chi connectivity index (χ1n) is 5.78. The number of allylic oxidation sites excluding steroid dienone is 1. The summed E-state index contributed by atoms with van der Waals surface area (Å²) in [6.45, 7) is 12.9. The lowest BCUT2D eigenvalue weighted by Gasteiger charge is -2.14. The average molecular weight is 202 g/mol. The predicted molar refractivity (Wildman–Crippen MR) is 68.2 cm³/mol. The maximum Gasteiger partial charge on any atom is -0.0194 e. The third-order valence-corrected chi connectivity index (χ3v) is 3.26. The molecule has 0 spiro atoms. The lowest BCUT2D eigenvalue weighted by Crippen LogP contribution is -2.02. The van der Waals surface area contributed by atoms with Gasteiger partial charge in [0.05, 0.1) is 0 Å². The highest BCUT2D eigenvalue weighted by molar-refractivity contribution is 5.30. The van der Waals surface area contributed by atoms with E-state index in [1.54, 1.807) is 0 Å². The molecule has 1 aromatic carbocycles. The molecule has 0 aliphatic rings. The highest BCUT2D eigenvalue weighted by atomic mass is 14.1. The Bertz CT molecular complexity index is 347. The number of aryl methyl sites for hydroxylation is 2. The molecule has 0 N–H and O–H groups in total. The van der Waals surface area contributed by atoms with Gasteiger partial charge >= 0.3 is 0 Å². The van der Waals surface area contributed by atoms with Gasteiger partial charge < -0.3 is 0 Å². The van der Waals surface area contributed by atoms with Gasteiger partial charge in [-0.25, -0.2) is 0 Å². The second kappa shape index (κ2) is 5.16. The fourth-order valence-corrected chi connectivity index (χ4v) is 1.78. The number of hydrogen-bond acceptors (Lipinski definition) is 0. The zero-order valence-corrected chi connectivity index (χ0v) is 10.4. The molecule has 0 nitrogen and oxygen atoms in total. The zero-order valence-electron chi connectivity index (χ0n) is 10.4. The van der Waals surface area contributed by atoms with E-state index in [0.29, 0.717) is 5.92 Å². The molecule has 0 heterocycles. The quantitative estimate of drug-likeness (QED) is 0.633. The average Bonchev–Trinajstić information content (AvgIpc) is 2.22. The molecule has 1 atom stereocenters. The summed E-state index contributed by atoms with van der Waals surface area (Å²) in [6, 6.07) is 6.75. The summed E-state index contributed by atoms with van der Waals surface area (Å²) in [6.07, 6.45) is 2.21. The summed E-state index contributed by atoms with van der Waals surface area (Å²) in [5.74, 6) is 0.595. The van der Waals surface area contributed by atoms with E-state index in [9.17, 15) is 0 Å². The van der Waals surface area contributed by atoms with Crippen LogP contribution in [0, 0.1) is 19.8 Å². The van der Waals surface area contributed by atoms with Gasteiger partial charge in [0.25, 0.3) is 0 Å². The van der Waals surface area contributed by atoms with E-state index >= 15 is 0 Å². The fraction of sp³-hybridized carbons (Fsp3) is 0.467. The highest BCUT2D eigenvalue weighted by Gasteiger charge is 2.06. The molecule has 0 heteroatoms. The first-order chi connectivity index (χ1) is 7.04. The van der Waals surface area contributed by atoms with Crippen LogP contribution in [0.3, 0.4) is 0 Å². The monoisotopic (exact) mass is 202 g/mol. The molecule has 82 valence electrons. The minimum Gasteiger partial charge on any atom is -0.0996 e. The van der Waals surface area contributed by atoms with Crippen LogP contribution in [0.1, 0.15) is 37.0 Å². The molecule has 1 rings (SSSR count). The number of benzene rings is 1. The molecule has 0 saturated heterocycles. The summed E-state index contributed by atoms with van der Waals surface area (Å²) in [5, 5.41) is 0. The van der Waals surface area contributed by atoms with Crippen molar-refractivity contribution in [2.24, 2.45) is 5.92 Å². The van der Waals surface area contributed by atoms with E-state index in [2.05, 4.69) is 52.5 Å². The summed E-state index contributed by atoms with van der Waals surface area (Å²) in [5.41, 5.74) is 5.55. The lowest BCUT2D eigenvalue weighted by molar-refractivity contribution is 0.656. The Morgan fingerprint density at radius 1 is 1.27 bits per heavy atom. The molecule has 0 aliphatic heterocycles. The van der Waals surface area contributed by atoms with Crippen LogP contribution in [0.15, 0.2) is 30.4 Å². The second-order valence-corrected chi connectivity index (χ2v) is 4.54. The van der Waals surface area contributed by atoms with E-state index in [-0.39, 0.29) is 0 Å². The van der Waals surface area contributed by atoms with Crippen molar-refractivity contribution in [2.75, 3.05) is 0 Å². The van der Waals surface area contributed by atoms with Crippen LogP contribution in [0.4, 0.5) is 0 Å². The summed E-state index contributed by atoms with van der Waals surface area (Å²) in [7, 11) is 0. The lowest BCUT2D eigenvalue weighted by atomic mass is 9.92. The highest BCUT2D eigenvalue weighted by Crippen LogP contribution is 2.19. The molecular weight excluding hydrogens is 180 g/mol. The SMILES string of the molecule is C=C(CC)C(C)Cc1ccc(C)c(C)c1. The largest absolute Gasteiger partial charge is 0.0996 e. The van der Waals surface area contributed by atoms with Crippen molar-refractivity contribution in [1.82, 2.24) is 0 Å². The van der Waals surface area contributed by atoms with Crippen molar-refractivity contribution in [3.05, 3.63) is 47.0 Å². The van der Waals surface area contributed by atoms with Crippen molar-refractivity contribution < 1.29 is 0 Å². The Morgan fingerprint density at radius 3 is 2.47 bits per heavy atom. The molecule has 0 radical (unpaired) electrons. The van der Waals surface area contributed by atoms with Gasteiger partial charge in [-0.15, -0.1) is 0 Å². The van der Waals surface area contributed by atoms with Crippen molar-refractivity contribution >= 4 is 0 Å². The summed E-state index contributed by atoms with van der Waals surface area (Å²) < 4.78 is 0. The van der Waals surface area contributed by atoms with E-state index < -0.39 is 0 Å². The van der Waals surface area contributed by atoms with Gasteiger partial charge in [-0.2, -0.15) is 0 Å². The Morgan fingerprint density at radius 2 is 1.93 bits per heavy atom. The smallest absolute Gasteiger partial charge is 0.0194 e. The van der Waals surface area contributed by atoms with Gasteiger partial charge in [-0.05, 0) is 49.3 Å². The minimum atomic E-state index is 0.595. The molecule has 0 aliphatic carbocycles. The topological polar surface area (TPSA) is 0 Å². The van der Waals surface area contributed by atoms with Crippen LogP contribution < -0.4 is 0 Å². The van der Waals surface area contributed by atoms with Crippen LogP contribution in [0.25, 0.3) is 0 Å². The Kier molecular flexibility index (Phi) is 4.14. The summed E-state index contributed by atoms with van der Waals surface area (Å²) >= 11 is 0. The minimum absolute atomic E-state index is 0.595. The number of rotatable bonds is 4. The molecule has 0 amide bonds. The second-order valence-electron chi connectivity index (χ2n) is 4.54. The van der Waals surface area contributed by atoms with E-state index in [1.807, 2.05) is 0 Å². The van der Waals surface area contributed by atoms with E-state index in [4.69, 9.17) is 0 Å². The van der Waals surface area contributed by atoms with Crippen LogP contribution in [-0.2, 0) is 6.42 Å². The van der Waals surface area contributed by atoms with E-state index in [0.717, 1.165) is 12.8 Å². The van der Waals surface area contributed by atoms with Crippen LogP contribution in [0.2, 0.25) is 0 Å². The van der Waals surface area contributed by atoms with Crippen LogP contribution >= 0.6 is 0 Å². The first kappa shape index (κ1) is 12.0. The van der Waals surface area contributed by atoms with Crippen molar-refractivity contribution in [2.45, 2.75) is 40.5 Å². The third kappa shape index (κ3) is 3.23. The Hall–Kier alpha value is -1.04. The van der Waals surface area contributed by atoms with E-state index in [1.165, 1.54) is 22.3 Å². The normalized spacial score (nSPS) is 12.5. The number of hydrogen-bond donors (Lipinski definition) is 0. The van der Waals surface area contributed by atoms with Gasteiger partial charge in [0.2, 0.25) is 0 Å². The summed E-state index contributed by atoms with van der Waals surface area (Å²) in [4.78, 5) is 0. The molecule has 0 aromatic heterocycles. The molecule has 1 unspecified atom stereocenters. The van der Waals surface area contributed by atoms with Gasteiger partial charge in [0.1, 0.15) is 0 Å². The van der Waals surface area contributed by atoms with Crippen molar-refractivity contribution in [3.63, 3.8) is 0 Å². The standard InChI is InChI=1S/C15H22/c1-6-11(2)13(4)9-15-8-7-12(3)14(5)10-15/h7-8,10,13H,2,6,9H2,1,3-5H3.